The molecule has 22 heavy (non-hydrogen) atoms. The topological polar surface area (TPSA) is 93.5 Å². The van der Waals surface area contributed by atoms with Crippen molar-refractivity contribution in [2.45, 2.75) is 18.7 Å². The van der Waals surface area contributed by atoms with Gasteiger partial charge in [0.25, 0.3) is 10.0 Å². The number of hydrogen-bond donors (Lipinski definition) is 1. The van der Waals surface area contributed by atoms with Crippen LogP contribution >= 0.6 is 11.6 Å². The van der Waals surface area contributed by atoms with Gasteiger partial charge in [-0.3, -0.25) is 9.59 Å². The molecule has 0 unspecified atom stereocenters. The number of nitrogens with one attached hydrogen (secondary N) is 1. The van der Waals surface area contributed by atoms with Crippen LogP contribution in [0.4, 0.5) is 0 Å². The predicted octanol–water partition coefficient (Wildman–Crippen LogP) is 2.63. The van der Waals surface area contributed by atoms with E-state index in [4.69, 9.17) is 16.0 Å². The number of Topliss-reactive ketones (excluding diaryl/α,β-unsaturated/α-hetero) is 1. The van der Waals surface area contributed by atoms with Gasteiger partial charge in [-0.25, -0.2) is 13.1 Å². The molecule has 0 aliphatic carbocycles. The number of amides is 1. The molecule has 1 aromatic heterocycles. The van der Waals surface area contributed by atoms with Gasteiger partial charge in [-0.2, -0.15) is 0 Å². The number of carbonyl (C=O) groups is 2. The summed E-state index contributed by atoms with van der Waals surface area (Å²) in [6.45, 7) is 2.45. The number of ketones is 1. The fourth-order valence-electron chi connectivity index (χ4n) is 1.78. The summed E-state index contributed by atoms with van der Waals surface area (Å²) in [5.74, 6) is -0.561. The Balaban J connectivity index is 2.51. The standard InChI is InChI=1S/C14H12ClNO5S/c1-8(17)13-5-6-14(21-13)11-7-10(3-4-12(11)15)22(19,20)16-9(2)18/h3-7H,1-2H3,(H,16,18). The van der Waals surface area contributed by atoms with E-state index in [-0.39, 0.29) is 27.2 Å². The minimum absolute atomic E-state index is 0.136. The summed E-state index contributed by atoms with van der Waals surface area (Å²) in [4.78, 5) is 22.1. The van der Waals surface area contributed by atoms with E-state index < -0.39 is 15.9 Å². The average Bonchev–Trinajstić information content (AvgIpc) is 2.87. The smallest absolute Gasteiger partial charge is 0.264 e. The van der Waals surface area contributed by atoms with Gasteiger partial charge in [-0.15, -0.1) is 0 Å². The summed E-state index contributed by atoms with van der Waals surface area (Å²) < 4.78 is 31.2. The van der Waals surface area contributed by atoms with Crippen LogP contribution < -0.4 is 4.72 Å². The van der Waals surface area contributed by atoms with Crippen LogP contribution in [0.5, 0.6) is 0 Å². The van der Waals surface area contributed by atoms with Crippen LogP contribution in [0.15, 0.2) is 39.6 Å². The highest BCUT2D eigenvalue weighted by Gasteiger charge is 2.19. The molecule has 1 heterocycles. The summed E-state index contributed by atoms with van der Waals surface area (Å²) in [7, 11) is -3.98. The Bertz CT molecular complexity index is 854. The Labute approximate surface area is 132 Å². The molecule has 8 heteroatoms. The molecule has 0 fully saturated rings. The highest BCUT2D eigenvalue weighted by molar-refractivity contribution is 7.90. The Morgan fingerprint density at radius 2 is 1.82 bits per heavy atom. The molecule has 0 bridgehead atoms. The molecular weight excluding hydrogens is 330 g/mol. The summed E-state index contributed by atoms with van der Waals surface area (Å²) in [5, 5.41) is 0.256. The quantitative estimate of drug-likeness (QED) is 0.863. The number of benzene rings is 1. The van der Waals surface area contributed by atoms with Gasteiger partial charge in [0.2, 0.25) is 5.91 Å². The molecule has 2 aromatic rings. The van der Waals surface area contributed by atoms with Gasteiger partial charge in [-0.05, 0) is 30.3 Å². The second kappa shape index (κ2) is 5.94. The van der Waals surface area contributed by atoms with Crippen molar-refractivity contribution in [2.24, 2.45) is 0 Å². The molecule has 0 radical (unpaired) electrons. The third-order valence-electron chi connectivity index (χ3n) is 2.74. The van der Waals surface area contributed by atoms with Crippen LogP contribution in [-0.4, -0.2) is 20.1 Å². The SMILES string of the molecule is CC(=O)NS(=O)(=O)c1ccc(Cl)c(-c2ccc(C(C)=O)o2)c1. The molecule has 1 aromatic carbocycles. The van der Waals surface area contributed by atoms with Crippen molar-refractivity contribution >= 4 is 33.3 Å². The summed E-state index contributed by atoms with van der Waals surface area (Å²) in [5.41, 5.74) is 0.306. The number of carbonyl (C=O) groups excluding carboxylic acids is 2. The molecule has 0 spiro atoms. The van der Waals surface area contributed by atoms with Crippen LogP contribution in [0.2, 0.25) is 5.02 Å². The van der Waals surface area contributed by atoms with Crippen LogP contribution in [0.3, 0.4) is 0 Å². The van der Waals surface area contributed by atoms with E-state index in [0.29, 0.717) is 5.56 Å². The van der Waals surface area contributed by atoms with Crippen molar-refractivity contribution in [1.29, 1.82) is 0 Å². The highest BCUT2D eigenvalue weighted by atomic mass is 35.5. The zero-order valence-electron chi connectivity index (χ0n) is 11.7. The van der Waals surface area contributed by atoms with E-state index in [1.807, 2.05) is 4.72 Å². The number of sulfonamides is 1. The number of hydrogen-bond acceptors (Lipinski definition) is 5. The van der Waals surface area contributed by atoms with Crippen LogP contribution in [-0.2, 0) is 14.8 Å². The lowest BCUT2D eigenvalue weighted by molar-refractivity contribution is -0.117. The Morgan fingerprint density at radius 3 is 2.36 bits per heavy atom. The lowest BCUT2D eigenvalue weighted by Crippen LogP contribution is -2.28. The van der Waals surface area contributed by atoms with Gasteiger partial charge in [0.05, 0.1) is 9.92 Å². The largest absolute Gasteiger partial charge is 0.453 e. The first-order chi connectivity index (χ1) is 10.2. The lowest BCUT2D eigenvalue weighted by Gasteiger charge is -2.07. The molecule has 0 atom stereocenters. The van der Waals surface area contributed by atoms with E-state index in [2.05, 4.69) is 0 Å². The maximum atomic E-state index is 12.0. The number of halogens is 1. The van der Waals surface area contributed by atoms with Crippen molar-refractivity contribution in [3.8, 4) is 11.3 Å². The zero-order valence-corrected chi connectivity index (χ0v) is 13.3. The van der Waals surface area contributed by atoms with Gasteiger partial charge in [0.1, 0.15) is 5.76 Å². The van der Waals surface area contributed by atoms with Crippen LogP contribution in [0, 0.1) is 0 Å². The maximum Gasteiger partial charge on any atom is 0.264 e. The van der Waals surface area contributed by atoms with Crippen molar-refractivity contribution in [3.05, 3.63) is 41.1 Å². The summed E-state index contributed by atoms with van der Waals surface area (Å²) in [6.07, 6.45) is 0. The fourth-order valence-corrected chi connectivity index (χ4v) is 3.01. The molecule has 0 aliphatic rings. The highest BCUT2D eigenvalue weighted by Crippen LogP contribution is 2.31. The zero-order chi connectivity index (χ0) is 16.5. The second-order valence-electron chi connectivity index (χ2n) is 4.52. The molecule has 1 amide bonds. The van der Waals surface area contributed by atoms with E-state index in [0.717, 1.165) is 6.92 Å². The Kier molecular flexibility index (Phi) is 4.39. The maximum absolute atomic E-state index is 12.0. The first kappa shape index (κ1) is 16.3. The average molecular weight is 342 g/mol. The van der Waals surface area contributed by atoms with Crippen molar-refractivity contribution in [3.63, 3.8) is 0 Å². The number of rotatable bonds is 4. The van der Waals surface area contributed by atoms with Gasteiger partial charge >= 0.3 is 0 Å². The second-order valence-corrected chi connectivity index (χ2v) is 6.61. The van der Waals surface area contributed by atoms with Crippen LogP contribution in [0.1, 0.15) is 24.4 Å². The number of furan rings is 1. The van der Waals surface area contributed by atoms with E-state index in [1.165, 1.54) is 37.3 Å². The molecule has 0 saturated carbocycles. The van der Waals surface area contributed by atoms with E-state index in [9.17, 15) is 18.0 Å². The lowest BCUT2D eigenvalue weighted by atomic mass is 10.2. The third kappa shape index (κ3) is 3.37. The van der Waals surface area contributed by atoms with Crippen molar-refractivity contribution in [1.82, 2.24) is 4.72 Å². The van der Waals surface area contributed by atoms with Gasteiger partial charge in [0, 0.05) is 19.4 Å². The predicted molar refractivity (Wildman–Crippen MR) is 80.2 cm³/mol. The first-order valence-electron chi connectivity index (χ1n) is 6.15. The first-order valence-corrected chi connectivity index (χ1v) is 8.01. The minimum atomic E-state index is -3.98. The third-order valence-corrected chi connectivity index (χ3v) is 4.50. The van der Waals surface area contributed by atoms with Gasteiger partial charge < -0.3 is 4.42 Å². The molecule has 0 saturated heterocycles. The minimum Gasteiger partial charge on any atom is -0.453 e. The Morgan fingerprint density at radius 1 is 1.14 bits per heavy atom. The van der Waals surface area contributed by atoms with Crippen LogP contribution in [0.25, 0.3) is 11.3 Å². The van der Waals surface area contributed by atoms with E-state index >= 15 is 0 Å². The molecule has 116 valence electrons. The molecule has 0 aliphatic heterocycles. The molecule has 1 N–H and O–H groups in total. The van der Waals surface area contributed by atoms with Crippen molar-refractivity contribution in [2.75, 3.05) is 0 Å². The molecule has 6 nitrogen and oxygen atoms in total. The van der Waals surface area contributed by atoms with E-state index in [1.54, 1.807) is 0 Å². The molecule has 2 rings (SSSR count). The summed E-state index contributed by atoms with van der Waals surface area (Å²) in [6, 6.07) is 6.92. The monoisotopic (exact) mass is 341 g/mol. The fraction of sp³-hybridized carbons (Fsp3) is 0.143. The van der Waals surface area contributed by atoms with Crippen molar-refractivity contribution < 1.29 is 22.4 Å². The van der Waals surface area contributed by atoms with Gasteiger partial charge in [-0.1, -0.05) is 11.6 Å². The normalized spacial score (nSPS) is 11.2. The summed E-state index contributed by atoms with van der Waals surface area (Å²) >= 11 is 6.05. The Hall–Kier alpha value is -2.12. The van der Waals surface area contributed by atoms with Gasteiger partial charge in [0.15, 0.2) is 11.5 Å². The molecular formula is C14H12ClNO5S.